The molecule has 0 radical (unpaired) electrons. The fourth-order valence-corrected chi connectivity index (χ4v) is 112. The SMILES string of the molecule is C[Si](C)(C)[V]([Si](C)(C)C)[Si](C)(C)C. The zero-order valence-electron chi connectivity index (χ0n) is 10.9. The van der Waals surface area contributed by atoms with Crippen molar-refractivity contribution >= 4 is 19.3 Å². The molecule has 0 unspecified atom stereocenters. The molecule has 0 saturated carbocycles. The summed E-state index contributed by atoms with van der Waals surface area (Å²) in [4.78, 5) is 0. The van der Waals surface area contributed by atoms with Crippen LogP contribution in [0.4, 0.5) is 0 Å². The number of hydrogen-bond donors (Lipinski definition) is 0. The zero-order valence-corrected chi connectivity index (χ0v) is 15.3. The number of hydrogen-bond acceptors (Lipinski definition) is 0. The van der Waals surface area contributed by atoms with E-state index in [0.29, 0.717) is 0 Å². The Morgan fingerprint density at radius 2 is 0.615 bits per heavy atom. The third-order valence-electron chi connectivity index (χ3n) is 2.01. The summed E-state index contributed by atoms with van der Waals surface area (Å²) < 4.78 is 0. The van der Waals surface area contributed by atoms with E-state index in [1.165, 1.54) is 0 Å². The van der Waals surface area contributed by atoms with Crippen LogP contribution >= 0.6 is 0 Å². The molecule has 0 aliphatic rings. The molecule has 0 aliphatic carbocycles. The molecular formula is C9H27Si3V. The van der Waals surface area contributed by atoms with Crippen LogP contribution in [0.3, 0.4) is 0 Å². The Morgan fingerprint density at radius 1 is 0.462 bits per heavy atom. The van der Waals surface area contributed by atoms with Crippen molar-refractivity contribution in [2.45, 2.75) is 58.9 Å². The third kappa shape index (κ3) is 4.52. The van der Waals surface area contributed by atoms with E-state index in [0.717, 1.165) is 0 Å². The van der Waals surface area contributed by atoms with Crippen LogP contribution in [0.1, 0.15) is 0 Å². The van der Waals surface area contributed by atoms with Crippen molar-refractivity contribution in [1.82, 2.24) is 0 Å². The summed E-state index contributed by atoms with van der Waals surface area (Å²) in [6.07, 6.45) is -2.36. The van der Waals surface area contributed by atoms with Crippen LogP contribution in [0.15, 0.2) is 0 Å². The van der Waals surface area contributed by atoms with Gasteiger partial charge in [-0.25, -0.2) is 0 Å². The van der Waals surface area contributed by atoms with E-state index >= 15 is 0 Å². The van der Waals surface area contributed by atoms with Gasteiger partial charge in [-0.05, 0) is 0 Å². The first-order valence-electron chi connectivity index (χ1n) is 5.17. The van der Waals surface area contributed by atoms with Gasteiger partial charge >= 0.3 is 91.4 Å². The van der Waals surface area contributed by atoms with E-state index in [9.17, 15) is 0 Å². The van der Waals surface area contributed by atoms with Gasteiger partial charge in [-0.1, -0.05) is 0 Å². The van der Waals surface area contributed by atoms with Gasteiger partial charge in [-0.15, -0.1) is 0 Å². The molecular weight excluding hydrogens is 243 g/mol. The van der Waals surface area contributed by atoms with E-state index in [1.807, 2.05) is 0 Å². The van der Waals surface area contributed by atoms with E-state index in [2.05, 4.69) is 58.9 Å². The summed E-state index contributed by atoms with van der Waals surface area (Å²) in [7, 11) is 0. The molecule has 0 amide bonds. The summed E-state index contributed by atoms with van der Waals surface area (Å²) in [6, 6.07) is 0. The van der Waals surface area contributed by atoms with Gasteiger partial charge in [0.2, 0.25) is 0 Å². The second-order valence-corrected chi connectivity index (χ2v) is 50.8. The van der Waals surface area contributed by atoms with Gasteiger partial charge in [0.1, 0.15) is 0 Å². The van der Waals surface area contributed by atoms with Gasteiger partial charge in [0.15, 0.2) is 0 Å². The van der Waals surface area contributed by atoms with Gasteiger partial charge in [-0.2, -0.15) is 0 Å². The molecule has 0 bridgehead atoms. The second-order valence-electron chi connectivity index (χ2n) is 6.85. The van der Waals surface area contributed by atoms with E-state index in [4.69, 9.17) is 0 Å². The normalized spacial score (nSPS) is 15.2. The van der Waals surface area contributed by atoms with Gasteiger partial charge < -0.3 is 0 Å². The Kier molecular flexibility index (Phi) is 4.39. The van der Waals surface area contributed by atoms with Crippen LogP contribution < -0.4 is 0 Å². The number of rotatable bonds is 3. The van der Waals surface area contributed by atoms with Gasteiger partial charge in [-0.3, -0.25) is 0 Å². The van der Waals surface area contributed by atoms with E-state index in [1.54, 1.807) is 0 Å². The summed E-state index contributed by atoms with van der Waals surface area (Å²) >= 11 is -0.458. The summed E-state index contributed by atoms with van der Waals surface area (Å²) in [5, 5.41) is 0. The molecule has 0 aliphatic heterocycles. The molecule has 80 valence electrons. The monoisotopic (exact) mass is 270 g/mol. The average Bonchev–Trinajstić information content (AvgIpc) is 1.44. The van der Waals surface area contributed by atoms with Crippen LogP contribution in [0.5, 0.6) is 0 Å². The molecule has 0 spiro atoms. The fraction of sp³-hybridized carbons (Fsp3) is 1.00. The molecule has 0 nitrogen and oxygen atoms in total. The third-order valence-corrected chi connectivity index (χ3v) is 74.7. The molecule has 0 rings (SSSR count). The first-order chi connectivity index (χ1) is 5.37. The Bertz CT molecular complexity index is 137. The zero-order chi connectivity index (χ0) is 11.1. The van der Waals surface area contributed by atoms with Crippen LogP contribution in [-0.2, 0) is 13.1 Å². The predicted octanol–water partition coefficient (Wildman–Crippen LogP) is 4.11. The van der Waals surface area contributed by atoms with Gasteiger partial charge in [0.25, 0.3) is 0 Å². The maximum absolute atomic E-state index is 2.63. The molecule has 0 atom stereocenters. The van der Waals surface area contributed by atoms with Crippen molar-refractivity contribution in [3.05, 3.63) is 0 Å². The molecule has 0 aromatic rings. The van der Waals surface area contributed by atoms with Crippen molar-refractivity contribution in [3.8, 4) is 0 Å². The minimum absolute atomic E-state index is 0.458. The molecule has 0 aromatic carbocycles. The first kappa shape index (κ1) is 14.2. The maximum atomic E-state index is 2.63. The van der Waals surface area contributed by atoms with Crippen LogP contribution in [0.25, 0.3) is 0 Å². The molecule has 4 heteroatoms. The van der Waals surface area contributed by atoms with Crippen LogP contribution in [-0.4, -0.2) is 19.3 Å². The second kappa shape index (κ2) is 4.01. The molecule has 13 heavy (non-hydrogen) atoms. The van der Waals surface area contributed by atoms with Crippen molar-refractivity contribution in [3.63, 3.8) is 0 Å². The van der Waals surface area contributed by atoms with Crippen LogP contribution in [0.2, 0.25) is 58.9 Å². The molecule has 0 fully saturated rings. The Labute approximate surface area is 91.1 Å². The van der Waals surface area contributed by atoms with Crippen molar-refractivity contribution in [2.24, 2.45) is 0 Å². The average molecular weight is 271 g/mol. The van der Waals surface area contributed by atoms with Gasteiger partial charge in [0, 0.05) is 0 Å². The first-order valence-corrected chi connectivity index (χ1v) is 21.8. The standard InChI is InChI=1S/3C3H9Si.V/c3*1-4(2)3;/h3*1-3H3;. The summed E-state index contributed by atoms with van der Waals surface area (Å²) in [6.45, 7) is 23.7. The molecule has 0 N–H and O–H groups in total. The summed E-state index contributed by atoms with van der Waals surface area (Å²) in [5.41, 5.74) is 0. The van der Waals surface area contributed by atoms with Crippen LogP contribution in [0, 0.1) is 0 Å². The van der Waals surface area contributed by atoms with E-state index in [-0.39, 0.29) is 0 Å². The molecule has 0 saturated heterocycles. The van der Waals surface area contributed by atoms with E-state index < -0.39 is 32.5 Å². The Balaban J connectivity index is 5.02. The Hall–Kier alpha value is 1.24. The van der Waals surface area contributed by atoms with Gasteiger partial charge in [0.05, 0.1) is 0 Å². The van der Waals surface area contributed by atoms with Crippen molar-refractivity contribution in [1.29, 1.82) is 0 Å². The predicted molar refractivity (Wildman–Crippen MR) is 70.0 cm³/mol. The van der Waals surface area contributed by atoms with Crippen molar-refractivity contribution < 1.29 is 13.1 Å². The quantitative estimate of drug-likeness (QED) is 0.677. The van der Waals surface area contributed by atoms with Crippen molar-refractivity contribution in [2.75, 3.05) is 0 Å². The Morgan fingerprint density at radius 3 is 0.615 bits per heavy atom. The topological polar surface area (TPSA) is 0 Å². The molecule has 0 aromatic heterocycles. The fourth-order valence-electron chi connectivity index (χ4n) is 3.02. The minimum atomic E-state index is -0.788. The summed E-state index contributed by atoms with van der Waals surface area (Å²) in [5.74, 6) is 0. The molecule has 0 heterocycles.